The minimum Gasteiger partial charge on any atom is -0.481 e. The fourth-order valence-electron chi connectivity index (χ4n) is 12.8. The van der Waals surface area contributed by atoms with Gasteiger partial charge < -0.3 is 30.3 Å². The Kier molecular flexibility index (Phi) is 56.5. The van der Waals surface area contributed by atoms with Gasteiger partial charge in [0.1, 0.15) is 0 Å². The highest BCUT2D eigenvalue weighted by molar-refractivity contribution is 5.78. The number of carbonyl (C=O) groups is 4. The van der Waals surface area contributed by atoms with Gasteiger partial charge in [-0.3, -0.25) is 19.2 Å². The van der Waals surface area contributed by atoms with Gasteiger partial charge in [-0.05, 0) is 199 Å². The zero-order valence-electron chi connectivity index (χ0n) is 90.5. The number of ether oxygens (including phenoxy) is 1. The molecule has 0 aliphatic heterocycles. The first kappa shape index (κ1) is 136. The molecule has 8 atom stereocenters. The monoisotopic (exact) mass is 1790 g/mol. The van der Waals surface area contributed by atoms with Crippen molar-refractivity contribution in [2.75, 3.05) is 20.3 Å². The zero-order valence-corrected chi connectivity index (χ0v) is 90.5. The van der Waals surface area contributed by atoms with Crippen LogP contribution in [0.3, 0.4) is 0 Å². The van der Waals surface area contributed by atoms with Crippen molar-refractivity contribution in [2.45, 2.75) is 463 Å². The predicted octanol–water partition coefficient (Wildman–Crippen LogP) is 34.5. The first-order valence-corrected chi connectivity index (χ1v) is 46.3. The van der Waals surface area contributed by atoms with E-state index in [1.54, 1.807) is 34.8 Å². The lowest BCUT2D eigenvalue weighted by molar-refractivity contribution is -0.215. The van der Waals surface area contributed by atoms with Gasteiger partial charge in [0.2, 0.25) is 0 Å². The van der Waals surface area contributed by atoms with E-state index in [1.165, 1.54) is 92.9 Å². The molecule has 5 fully saturated rings. The number of aliphatic hydroxyl groups excluding tert-OH is 1. The lowest BCUT2D eigenvalue weighted by Gasteiger charge is -2.49. The van der Waals surface area contributed by atoms with E-state index >= 15 is 0 Å². The highest BCUT2D eigenvalue weighted by Gasteiger charge is 2.69. The summed E-state index contributed by atoms with van der Waals surface area (Å²) in [5, 5.41) is 42.7. The van der Waals surface area contributed by atoms with Gasteiger partial charge in [-0.1, -0.05) is 380 Å². The van der Waals surface area contributed by atoms with Crippen molar-refractivity contribution in [1.82, 2.24) is 0 Å². The van der Waals surface area contributed by atoms with E-state index in [-0.39, 0.29) is 22.2 Å². The van der Waals surface area contributed by atoms with Gasteiger partial charge in [-0.15, -0.1) is 0 Å². The molecule has 0 spiro atoms. The Labute approximate surface area is 755 Å². The number of methoxy groups -OCH3 is 1. The Bertz CT molecular complexity index is 2720. The van der Waals surface area contributed by atoms with E-state index in [1.807, 2.05) is 41.5 Å². The summed E-state index contributed by atoms with van der Waals surface area (Å²) in [6.07, 6.45) is 0.505. The minimum atomic E-state index is -4.68. The number of hydrogen-bond acceptors (Lipinski definition) is 6. The number of hydrogen-bond donors (Lipinski definition) is 5. The average Bonchev–Trinajstić information content (AvgIpc) is 1.57. The fourth-order valence-corrected chi connectivity index (χ4v) is 12.8. The number of aliphatic hydroxyl groups is 1. The fraction of sp³-hybridized carbons (Fsp3) is 0.962. The second-order valence-corrected chi connectivity index (χ2v) is 52.7. The van der Waals surface area contributed by atoms with Crippen LogP contribution in [0.2, 0.25) is 0 Å². The third-order valence-corrected chi connectivity index (χ3v) is 28.3. The Balaban J connectivity index is -0.000000195. The quantitative estimate of drug-likeness (QED) is 0.132. The van der Waals surface area contributed by atoms with Crippen LogP contribution in [-0.4, -0.2) is 88.3 Å². The molecule has 0 aromatic carbocycles. The summed E-state index contributed by atoms with van der Waals surface area (Å²) in [5.41, 5.74) is -0.333. The molecule has 0 heterocycles. The second kappa shape index (κ2) is 51.3. The highest BCUT2D eigenvalue weighted by Crippen LogP contribution is 2.67. The molecule has 5 aliphatic rings. The maximum atomic E-state index is 12.4. The van der Waals surface area contributed by atoms with Crippen LogP contribution < -0.4 is 0 Å². The van der Waals surface area contributed by atoms with Crippen molar-refractivity contribution in [2.24, 2.45) is 163 Å². The van der Waals surface area contributed by atoms with Crippen molar-refractivity contribution in [3.05, 3.63) is 0 Å². The van der Waals surface area contributed by atoms with Gasteiger partial charge in [0, 0.05) is 20.3 Å². The van der Waals surface area contributed by atoms with Crippen LogP contribution in [0.1, 0.15) is 444 Å². The standard InChI is InChI=1S/C10H22.2C9H18.C9H20.C8H13F3.C8H14O2.C8H18O.C8H18.2C7H11F3O2.C7H14O2.C7H16O.C7H14/c1-8(9(2,3)4)10(5,6)7;1-8(2,3)9(4)6-5-7-9;1-7(8-5-6-8)9(2,3)4;1-7(2)8(3)9(4,5)6;1-6(2,3)7(4-5-7)8(9,10)11;1-7(2,3)8(4-5-8)6(9)10;1-7(6-9-5)8(2,3)4;1-6-7(2)8(3,4)5;2*1-6(2,3)4(5(11)12)7(8,9)10;1-5(6(8)9)7(2,3)4;1-6(5-8)7(2,3)4;1-7(2,3)6-4-5-6/h8H,1-7H3;5-7H2,1-4H3;7-8H,5-6H2,1-4H3;7-8H,1-6H3;4-5H2,1-3H3;4-5H2,1-3H3,(H,9,10);7H,6H2,1-5H3;7H,6H2,1-5H3;2*4H,1-3H3,(H,11,12);5H,1-4H3,(H,8,9);6,8H,5H2,1-4H3;6H,4-5H2,1-3H3/t;;7-;8-;;;2*7-;2*4-;5-;6-;/m..11..111011./s1. The Hall–Kier alpha value is -2.83. The molecular weight excluding hydrogens is 1580 g/mol. The van der Waals surface area contributed by atoms with Crippen molar-refractivity contribution in [3.8, 4) is 0 Å². The highest BCUT2D eigenvalue weighted by atomic mass is 19.4. The smallest absolute Gasteiger partial charge is 0.402 e. The second-order valence-electron chi connectivity index (χ2n) is 52.7. The normalized spacial score (nSPS) is 18.6. The van der Waals surface area contributed by atoms with Crippen LogP contribution in [-0.2, 0) is 23.9 Å². The number of carboxylic acids is 4. The molecule has 5 aliphatic carbocycles. The lowest BCUT2D eigenvalue weighted by atomic mass is 9.56. The third-order valence-electron chi connectivity index (χ3n) is 28.3. The zero-order chi connectivity index (χ0) is 102. The molecule has 0 aromatic rings. The molecule has 19 heteroatoms. The molecule has 5 N–H and O–H groups in total. The topological polar surface area (TPSA) is 179 Å². The summed E-state index contributed by atoms with van der Waals surface area (Å²) >= 11 is 0. The molecule has 0 bridgehead atoms. The minimum absolute atomic E-state index is 0.0706. The Morgan fingerprint density at radius 1 is 0.382 bits per heavy atom. The average molecular weight is 1790 g/mol. The number of alkyl halides is 9. The van der Waals surface area contributed by atoms with Crippen molar-refractivity contribution < 1.29 is 89.0 Å². The summed E-state index contributed by atoms with van der Waals surface area (Å²) in [6.45, 7) is 112. The summed E-state index contributed by atoms with van der Waals surface area (Å²) in [5.74, 6) is -2.54. The van der Waals surface area contributed by atoms with Gasteiger partial charge in [-0.2, -0.15) is 39.5 Å². The first-order chi connectivity index (χ1) is 53.1. The molecule has 10 nitrogen and oxygen atoms in total. The third kappa shape index (κ3) is 57.8. The molecule has 5 saturated carbocycles. The van der Waals surface area contributed by atoms with E-state index in [9.17, 15) is 58.7 Å². The van der Waals surface area contributed by atoms with E-state index in [4.69, 9.17) is 30.3 Å². The molecule has 0 radical (unpaired) electrons. The molecule has 5 rings (SSSR count). The Morgan fingerprint density at radius 2 is 0.699 bits per heavy atom. The maximum absolute atomic E-state index is 12.4. The molecule has 746 valence electrons. The van der Waals surface area contributed by atoms with Crippen LogP contribution in [0, 0.1) is 163 Å². The number of carboxylic acid groups (broad SMARTS) is 4. The summed E-state index contributed by atoms with van der Waals surface area (Å²) in [4.78, 5) is 41.6. The van der Waals surface area contributed by atoms with E-state index in [2.05, 4.69) is 256 Å². The van der Waals surface area contributed by atoms with Crippen LogP contribution >= 0.6 is 0 Å². The van der Waals surface area contributed by atoms with E-state index in [0.29, 0.717) is 80.0 Å². The van der Waals surface area contributed by atoms with Crippen molar-refractivity contribution in [1.29, 1.82) is 0 Å². The molecular formula is C104H207F9O10. The summed E-state index contributed by atoms with van der Waals surface area (Å²) in [7, 11) is 1.75. The van der Waals surface area contributed by atoms with Crippen LogP contribution in [0.5, 0.6) is 0 Å². The molecule has 0 aromatic heterocycles. The van der Waals surface area contributed by atoms with Crippen LogP contribution in [0.4, 0.5) is 39.5 Å². The van der Waals surface area contributed by atoms with Gasteiger partial charge in [0.25, 0.3) is 0 Å². The molecule has 123 heavy (non-hydrogen) atoms. The largest absolute Gasteiger partial charge is 0.481 e. The van der Waals surface area contributed by atoms with E-state index < -0.39 is 81.3 Å². The van der Waals surface area contributed by atoms with Crippen LogP contribution in [0.25, 0.3) is 0 Å². The lowest BCUT2D eigenvalue weighted by Crippen LogP contribution is -2.40. The number of rotatable bonds is 10. The molecule has 0 saturated heterocycles. The van der Waals surface area contributed by atoms with Gasteiger partial charge in [0.05, 0.1) is 16.7 Å². The Morgan fingerprint density at radius 3 is 0.715 bits per heavy atom. The summed E-state index contributed by atoms with van der Waals surface area (Å²) in [6, 6.07) is 0. The number of aliphatic carboxylic acids is 4. The SMILES string of the molecule is CC(C(C)(C)C)C(C)(C)C.CC(C)(C)C1(C(=O)O)CC1.CC(C)(C)C1(C(F)(F)F)CC1.CC(C)(C)C1(C)CCC1.CC(C)(C)C1CC1.CC(C)(C)[C@@H](C(=O)O)C(F)(F)F.CC(C)(C)[C@H](C(=O)O)C(F)(F)F.CC(C)[C@@H](C)C(C)(C)C.CC[C@@H](C)C(C)(C)C.COC[C@@H](C)C(C)(C)C.C[C@H](C(=O)O)C(C)(C)C.C[C@H](C1CC1)C(C)(C)C.C[C@H](CO)C(C)(C)C. The van der Waals surface area contributed by atoms with Gasteiger partial charge >= 0.3 is 42.4 Å². The van der Waals surface area contributed by atoms with Gasteiger partial charge in [-0.25, -0.2) is 0 Å². The molecule has 0 amide bonds. The summed E-state index contributed by atoms with van der Waals surface area (Å²) < 4.78 is 115. The molecule has 0 unspecified atom stereocenters. The van der Waals surface area contributed by atoms with E-state index in [0.717, 1.165) is 60.9 Å². The van der Waals surface area contributed by atoms with Gasteiger partial charge in [0.15, 0.2) is 11.8 Å². The van der Waals surface area contributed by atoms with Crippen LogP contribution in [0.15, 0.2) is 0 Å². The van der Waals surface area contributed by atoms with Crippen molar-refractivity contribution >= 4 is 23.9 Å². The number of halogens is 9. The predicted molar refractivity (Wildman–Crippen MR) is 507 cm³/mol. The first-order valence-electron chi connectivity index (χ1n) is 46.3. The van der Waals surface area contributed by atoms with Crippen molar-refractivity contribution in [3.63, 3.8) is 0 Å². The maximum Gasteiger partial charge on any atom is 0.402 e.